The molecule has 37 heavy (non-hydrogen) atoms. The molecular formula is C22H31N5O9S. The molecule has 1 aromatic rings. The van der Waals surface area contributed by atoms with E-state index in [-0.39, 0.29) is 18.6 Å². The van der Waals surface area contributed by atoms with Crippen LogP contribution in [0.5, 0.6) is 5.75 Å². The Morgan fingerprint density at radius 3 is 1.92 bits per heavy atom. The van der Waals surface area contributed by atoms with Gasteiger partial charge in [0.1, 0.15) is 23.9 Å². The monoisotopic (exact) mass is 541 g/mol. The highest BCUT2D eigenvalue weighted by atomic mass is 32.2. The number of benzene rings is 1. The summed E-state index contributed by atoms with van der Waals surface area (Å²) in [6.45, 7) is 0. The van der Waals surface area contributed by atoms with Gasteiger partial charge in [-0.1, -0.05) is 12.1 Å². The smallest absolute Gasteiger partial charge is 0.326 e. The van der Waals surface area contributed by atoms with Crippen molar-refractivity contribution in [1.82, 2.24) is 16.0 Å². The highest BCUT2D eigenvalue weighted by Crippen LogP contribution is 2.11. The number of amides is 4. The van der Waals surface area contributed by atoms with Crippen LogP contribution in [0.25, 0.3) is 0 Å². The molecule has 0 bridgehead atoms. The van der Waals surface area contributed by atoms with Crippen molar-refractivity contribution < 1.29 is 44.1 Å². The number of carboxylic acid groups (broad SMARTS) is 2. The van der Waals surface area contributed by atoms with Crippen molar-refractivity contribution >= 4 is 47.3 Å². The first kappa shape index (κ1) is 31.2. The van der Waals surface area contributed by atoms with E-state index in [0.717, 1.165) is 0 Å². The van der Waals surface area contributed by atoms with Gasteiger partial charge in [0.2, 0.25) is 23.6 Å². The molecule has 0 spiro atoms. The SMILES string of the molecule is CSCCC(NC(=O)C(CC(=O)O)NC(=O)C(N)Cc1ccc(O)cc1)C(=O)NC(CC(N)=O)C(=O)O. The molecule has 0 aliphatic rings. The average molecular weight is 542 g/mol. The molecule has 0 aliphatic heterocycles. The molecule has 15 heteroatoms. The summed E-state index contributed by atoms with van der Waals surface area (Å²) in [6, 6.07) is 0.204. The lowest BCUT2D eigenvalue weighted by Gasteiger charge is -2.24. The Labute approximate surface area is 216 Å². The number of carbonyl (C=O) groups is 6. The third-order valence-electron chi connectivity index (χ3n) is 5.00. The zero-order valence-corrected chi connectivity index (χ0v) is 20.8. The summed E-state index contributed by atoms with van der Waals surface area (Å²) in [5.41, 5.74) is 11.5. The van der Waals surface area contributed by atoms with Crippen LogP contribution in [0.3, 0.4) is 0 Å². The minimum atomic E-state index is -1.63. The number of phenolic OH excluding ortho intramolecular Hbond substituents is 1. The Balaban J connectivity index is 2.96. The summed E-state index contributed by atoms with van der Waals surface area (Å²) in [5, 5.41) is 34.5. The molecule has 0 aliphatic carbocycles. The van der Waals surface area contributed by atoms with Crippen molar-refractivity contribution in [2.75, 3.05) is 12.0 Å². The summed E-state index contributed by atoms with van der Waals surface area (Å²) in [5.74, 6) is -6.28. The Hall–Kier alpha value is -3.85. The number of aliphatic carboxylic acids is 2. The van der Waals surface area contributed by atoms with Crippen molar-refractivity contribution in [3.05, 3.63) is 29.8 Å². The first-order valence-electron chi connectivity index (χ1n) is 11.0. The fourth-order valence-electron chi connectivity index (χ4n) is 3.09. The number of rotatable bonds is 16. The highest BCUT2D eigenvalue weighted by molar-refractivity contribution is 7.98. The van der Waals surface area contributed by atoms with E-state index in [9.17, 15) is 44.1 Å². The Morgan fingerprint density at radius 2 is 1.41 bits per heavy atom. The van der Waals surface area contributed by atoms with Gasteiger partial charge in [-0.2, -0.15) is 11.8 Å². The number of nitrogens with two attached hydrogens (primary N) is 2. The lowest BCUT2D eigenvalue weighted by atomic mass is 10.0. The summed E-state index contributed by atoms with van der Waals surface area (Å²) >= 11 is 1.33. The van der Waals surface area contributed by atoms with Gasteiger partial charge in [0.05, 0.1) is 18.9 Å². The van der Waals surface area contributed by atoms with Crippen LogP contribution in [0.1, 0.15) is 24.8 Å². The summed E-state index contributed by atoms with van der Waals surface area (Å²) in [7, 11) is 0. The molecule has 1 aromatic carbocycles. The number of primary amides is 1. The quantitative estimate of drug-likeness (QED) is 0.112. The minimum absolute atomic E-state index is 0.0179. The average Bonchev–Trinajstić information content (AvgIpc) is 2.81. The lowest BCUT2D eigenvalue weighted by Crippen LogP contribution is -2.58. The van der Waals surface area contributed by atoms with E-state index in [0.29, 0.717) is 11.3 Å². The molecule has 0 saturated carbocycles. The topological polar surface area (TPSA) is 251 Å². The van der Waals surface area contributed by atoms with E-state index >= 15 is 0 Å². The molecule has 14 nitrogen and oxygen atoms in total. The van der Waals surface area contributed by atoms with Gasteiger partial charge in [-0.3, -0.25) is 24.0 Å². The summed E-state index contributed by atoms with van der Waals surface area (Å²) < 4.78 is 0. The maximum atomic E-state index is 12.9. The molecular weight excluding hydrogens is 510 g/mol. The number of hydrogen-bond acceptors (Lipinski definition) is 9. The van der Waals surface area contributed by atoms with Gasteiger partial charge < -0.3 is 42.7 Å². The predicted octanol–water partition coefficient (Wildman–Crippen LogP) is -2.10. The first-order valence-corrected chi connectivity index (χ1v) is 12.4. The molecule has 4 atom stereocenters. The molecule has 0 fully saturated rings. The Kier molecular flexibility index (Phi) is 12.9. The second kappa shape index (κ2) is 15.3. The van der Waals surface area contributed by atoms with Crippen LogP contribution in [0, 0.1) is 0 Å². The summed E-state index contributed by atoms with van der Waals surface area (Å²) in [4.78, 5) is 71.9. The molecule has 1 rings (SSSR count). The van der Waals surface area contributed by atoms with Crippen molar-refractivity contribution in [2.45, 2.75) is 49.9 Å². The highest BCUT2D eigenvalue weighted by Gasteiger charge is 2.31. The zero-order valence-electron chi connectivity index (χ0n) is 20.0. The molecule has 0 saturated heterocycles. The van der Waals surface area contributed by atoms with Gasteiger partial charge in [-0.15, -0.1) is 0 Å². The van der Waals surface area contributed by atoms with E-state index in [1.807, 2.05) is 0 Å². The van der Waals surface area contributed by atoms with Gasteiger partial charge in [-0.25, -0.2) is 4.79 Å². The molecule has 10 N–H and O–H groups in total. The van der Waals surface area contributed by atoms with E-state index in [1.165, 1.54) is 23.9 Å². The van der Waals surface area contributed by atoms with E-state index in [1.54, 1.807) is 18.4 Å². The lowest BCUT2D eigenvalue weighted by molar-refractivity contribution is -0.144. The number of aromatic hydroxyl groups is 1. The van der Waals surface area contributed by atoms with Crippen molar-refractivity contribution in [2.24, 2.45) is 11.5 Å². The maximum absolute atomic E-state index is 12.9. The van der Waals surface area contributed by atoms with Crippen molar-refractivity contribution in [1.29, 1.82) is 0 Å². The first-order chi connectivity index (χ1) is 17.3. The Morgan fingerprint density at radius 1 is 0.865 bits per heavy atom. The van der Waals surface area contributed by atoms with Crippen LogP contribution >= 0.6 is 11.8 Å². The fourth-order valence-corrected chi connectivity index (χ4v) is 3.56. The standard InChI is InChI=1S/C22H31N5O9S/c1-37-7-6-14(20(33)27-16(22(35)36)9-17(24)29)25-21(34)15(10-18(30)31)26-19(32)13(23)8-11-2-4-12(28)5-3-11/h2-5,13-16,28H,6-10,23H2,1H3,(H2,24,29)(H,25,34)(H,26,32)(H,27,33)(H,30,31)(H,35,36). The number of thioether (sulfide) groups is 1. The number of nitrogens with one attached hydrogen (secondary N) is 3. The van der Waals surface area contributed by atoms with Crippen molar-refractivity contribution in [3.8, 4) is 5.75 Å². The van der Waals surface area contributed by atoms with Gasteiger partial charge >= 0.3 is 11.9 Å². The number of carboxylic acids is 2. The van der Waals surface area contributed by atoms with E-state index in [4.69, 9.17) is 11.5 Å². The second-order valence-corrected chi connectivity index (χ2v) is 9.03. The van der Waals surface area contributed by atoms with Crippen LogP contribution < -0.4 is 27.4 Å². The Bertz CT molecular complexity index is 989. The van der Waals surface area contributed by atoms with Gasteiger partial charge in [0.25, 0.3) is 0 Å². The predicted molar refractivity (Wildman–Crippen MR) is 132 cm³/mol. The second-order valence-electron chi connectivity index (χ2n) is 8.05. The van der Waals surface area contributed by atoms with Crippen LogP contribution in [-0.4, -0.2) is 87.1 Å². The number of phenols is 1. The number of carbonyl (C=O) groups excluding carboxylic acids is 4. The number of hydrogen-bond donors (Lipinski definition) is 8. The van der Waals surface area contributed by atoms with Crippen LogP contribution in [0.2, 0.25) is 0 Å². The van der Waals surface area contributed by atoms with Gasteiger partial charge in [0, 0.05) is 0 Å². The third kappa shape index (κ3) is 11.6. The maximum Gasteiger partial charge on any atom is 0.326 e. The molecule has 0 heterocycles. The molecule has 4 amide bonds. The molecule has 0 aromatic heterocycles. The van der Waals surface area contributed by atoms with Crippen LogP contribution in [0.15, 0.2) is 24.3 Å². The fraction of sp³-hybridized carbons (Fsp3) is 0.455. The van der Waals surface area contributed by atoms with E-state index in [2.05, 4.69) is 16.0 Å². The van der Waals surface area contributed by atoms with Crippen LogP contribution in [-0.2, 0) is 35.2 Å². The van der Waals surface area contributed by atoms with Crippen molar-refractivity contribution in [3.63, 3.8) is 0 Å². The van der Waals surface area contributed by atoms with Crippen LogP contribution in [0.4, 0.5) is 0 Å². The molecule has 0 radical (unpaired) electrons. The van der Waals surface area contributed by atoms with E-state index < -0.39 is 72.6 Å². The normalized spacial score (nSPS) is 13.9. The zero-order chi connectivity index (χ0) is 28.1. The summed E-state index contributed by atoms with van der Waals surface area (Å²) in [6.07, 6.45) is 0.298. The molecule has 204 valence electrons. The largest absolute Gasteiger partial charge is 0.508 e. The van der Waals surface area contributed by atoms with Gasteiger partial charge in [-0.05, 0) is 42.5 Å². The third-order valence-corrected chi connectivity index (χ3v) is 5.65. The van der Waals surface area contributed by atoms with Gasteiger partial charge in [0.15, 0.2) is 0 Å². The molecule has 4 unspecified atom stereocenters. The minimum Gasteiger partial charge on any atom is -0.508 e.